The minimum absolute atomic E-state index is 0.107. The predicted molar refractivity (Wildman–Crippen MR) is 99.7 cm³/mol. The molecular formula is C17H20N4OS2. The highest BCUT2D eigenvalue weighted by Crippen LogP contribution is 2.37. The number of amides is 1. The average molecular weight is 361 g/mol. The predicted octanol–water partition coefficient (Wildman–Crippen LogP) is 3.47. The van der Waals surface area contributed by atoms with Gasteiger partial charge in [-0.25, -0.2) is 0 Å². The highest BCUT2D eigenvalue weighted by atomic mass is 32.2. The van der Waals surface area contributed by atoms with E-state index in [9.17, 15) is 4.79 Å². The Kier molecular flexibility index (Phi) is 5.63. The van der Waals surface area contributed by atoms with Crippen molar-refractivity contribution < 1.29 is 4.79 Å². The maximum Gasteiger partial charge on any atom is 0.237 e. The van der Waals surface area contributed by atoms with Gasteiger partial charge >= 0.3 is 0 Å². The van der Waals surface area contributed by atoms with Crippen LogP contribution in [0.3, 0.4) is 0 Å². The molecule has 0 aliphatic carbocycles. The molecule has 1 aliphatic heterocycles. The van der Waals surface area contributed by atoms with Crippen LogP contribution in [0.25, 0.3) is 0 Å². The van der Waals surface area contributed by atoms with Gasteiger partial charge in [-0.3, -0.25) is 4.79 Å². The van der Waals surface area contributed by atoms with Crippen LogP contribution in [0.1, 0.15) is 13.3 Å². The van der Waals surface area contributed by atoms with Crippen LogP contribution in [0.15, 0.2) is 53.3 Å². The molecule has 0 bridgehead atoms. The Morgan fingerprint density at radius 3 is 3.17 bits per heavy atom. The molecule has 0 spiro atoms. The summed E-state index contributed by atoms with van der Waals surface area (Å²) in [7, 11) is 0. The molecule has 3 rings (SSSR count). The van der Waals surface area contributed by atoms with E-state index >= 15 is 0 Å². The lowest BCUT2D eigenvalue weighted by Gasteiger charge is -2.22. The number of anilines is 1. The molecule has 5 nitrogen and oxygen atoms in total. The molecule has 0 saturated carbocycles. The van der Waals surface area contributed by atoms with Crippen LogP contribution >= 0.6 is 23.5 Å². The summed E-state index contributed by atoms with van der Waals surface area (Å²) in [4.78, 5) is 15.9. The van der Waals surface area contributed by atoms with E-state index in [2.05, 4.69) is 29.8 Å². The summed E-state index contributed by atoms with van der Waals surface area (Å²) >= 11 is 3.26. The first kappa shape index (κ1) is 17.1. The maximum absolute atomic E-state index is 12.8. The standard InChI is InChI=1S/C17H20N4OS2/c1-3-9-20-12-18-19-17(20)23-11-16(22)21-10-8-13(2)24-15-7-5-4-6-14(15)21/h3-7,12-13H,1,8-11H2,2H3/t13-/m1/s1. The number of thioether (sulfide) groups is 2. The van der Waals surface area contributed by atoms with Crippen LogP contribution in [0.4, 0.5) is 5.69 Å². The Labute approximate surface area is 150 Å². The van der Waals surface area contributed by atoms with Crippen molar-refractivity contribution in [3.05, 3.63) is 43.2 Å². The number of carbonyl (C=O) groups excluding carboxylic acids is 1. The number of rotatable bonds is 5. The van der Waals surface area contributed by atoms with E-state index in [4.69, 9.17) is 0 Å². The van der Waals surface area contributed by atoms with Gasteiger partial charge in [0, 0.05) is 23.2 Å². The first-order valence-corrected chi connectivity index (χ1v) is 9.73. The Morgan fingerprint density at radius 1 is 1.50 bits per heavy atom. The molecule has 1 aromatic carbocycles. The SMILES string of the molecule is C=CCn1cnnc1SCC(=O)N1CC[C@@H](C)Sc2ccccc21. The lowest BCUT2D eigenvalue weighted by Crippen LogP contribution is -2.33. The molecule has 0 N–H and O–H groups in total. The molecule has 126 valence electrons. The van der Waals surface area contributed by atoms with Crippen LogP contribution in [-0.2, 0) is 11.3 Å². The molecule has 0 saturated heterocycles. The monoisotopic (exact) mass is 360 g/mol. The van der Waals surface area contributed by atoms with Crippen LogP contribution in [-0.4, -0.2) is 38.2 Å². The van der Waals surface area contributed by atoms with E-state index < -0.39 is 0 Å². The van der Waals surface area contributed by atoms with E-state index in [0.717, 1.165) is 23.8 Å². The summed E-state index contributed by atoms with van der Waals surface area (Å²) in [6, 6.07) is 8.14. The largest absolute Gasteiger partial charge is 0.311 e. The molecular weight excluding hydrogens is 340 g/mol. The smallest absolute Gasteiger partial charge is 0.237 e. The third-order valence-electron chi connectivity index (χ3n) is 3.78. The van der Waals surface area contributed by atoms with Gasteiger partial charge in [-0.2, -0.15) is 0 Å². The van der Waals surface area contributed by atoms with Gasteiger partial charge in [-0.05, 0) is 18.6 Å². The number of para-hydroxylation sites is 1. The number of benzene rings is 1. The second kappa shape index (κ2) is 7.90. The Balaban J connectivity index is 1.72. The van der Waals surface area contributed by atoms with Crippen molar-refractivity contribution in [2.45, 2.75) is 35.2 Å². The molecule has 1 amide bonds. The number of fused-ring (bicyclic) bond motifs is 1. The number of hydrogen-bond acceptors (Lipinski definition) is 5. The number of allylic oxidation sites excluding steroid dienone is 1. The first-order chi connectivity index (χ1) is 11.7. The Bertz CT molecular complexity index is 731. The quantitative estimate of drug-likeness (QED) is 0.604. The van der Waals surface area contributed by atoms with Gasteiger partial charge in [0.15, 0.2) is 5.16 Å². The number of nitrogens with zero attached hydrogens (tertiary/aromatic N) is 4. The average Bonchev–Trinajstić information content (AvgIpc) is 2.94. The lowest BCUT2D eigenvalue weighted by atomic mass is 10.2. The minimum atomic E-state index is 0.107. The summed E-state index contributed by atoms with van der Waals surface area (Å²) in [5.41, 5.74) is 1.02. The normalized spacial score (nSPS) is 17.2. The van der Waals surface area contributed by atoms with Crippen LogP contribution in [0, 0.1) is 0 Å². The van der Waals surface area contributed by atoms with Gasteiger partial charge in [-0.1, -0.05) is 36.9 Å². The summed E-state index contributed by atoms with van der Waals surface area (Å²) < 4.78 is 1.89. The van der Waals surface area contributed by atoms with Crippen LogP contribution in [0.2, 0.25) is 0 Å². The van der Waals surface area contributed by atoms with Crippen molar-refractivity contribution >= 4 is 35.1 Å². The second-order valence-electron chi connectivity index (χ2n) is 5.57. The third-order valence-corrected chi connectivity index (χ3v) is 5.98. The van der Waals surface area contributed by atoms with E-state index in [-0.39, 0.29) is 5.91 Å². The van der Waals surface area contributed by atoms with Gasteiger partial charge in [0.25, 0.3) is 0 Å². The second-order valence-corrected chi connectivity index (χ2v) is 8.00. The zero-order valence-electron chi connectivity index (χ0n) is 13.6. The van der Waals surface area contributed by atoms with Crippen molar-refractivity contribution in [2.24, 2.45) is 0 Å². The summed E-state index contributed by atoms with van der Waals surface area (Å²) in [5.74, 6) is 0.457. The highest BCUT2D eigenvalue weighted by molar-refractivity contribution is 8.00. The molecule has 24 heavy (non-hydrogen) atoms. The summed E-state index contributed by atoms with van der Waals surface area (Å²) in [6.45, 7) is 7.33. The Morgan fingerprint density at radius 2 is 2.33 bits per heavy atom. The van der Waals surface area contributed by atoms with Crippen molar-refractivity contribution in [1.29, 1.82) is 0 Å². The van der Waals surface area contributed by atoms with Crippen LogP contribution < -0.4 is 4.90 Å². The van der Waals surface area contributed by atoms with Crippen molar-refractivity contribution in [3.8, 4) is 0 Å². The maximum atomic E-state index is 12.8. The highest BCUT2D eigenvalue weighted by Gasteiger charge is 2.24. The zero-order valence-corrected chi connectivity index (χ0v) is 15.2. The molecule has 2 heterocycles. The number of carbonyl (C=O) groups is 1. The first-order valence-electron chi connectivity index (χ1n) is 7.86. The molecule has 2 aromatic rings. The van der Waals surface area contributed by atoms with Crippen LogP contribution in [0.5, 0.6) is 0 Å². The molecule has 1 aromatic heterocycles. The van der Waals surface area contributed by atoms with Gasteiger partial charge in [0.1, 0.15) is 6.33 Å². The fourth-order valence-electron chi connectivity index (χ4n) is 2.57. The fourth-order valence-corrected chi connectivity index (χ4v) is 4.48. The third kappa shape index (κ3) is 3.84. The molecule has 7 heteroatoms. The van der Waals surface area contributed by atoms with E-state index in [1.807, 2.05) is 39.4 Å². The fraction of sp³-hybridized carbons (Fsp3) is 0.353. The topological polar surface area (TPSA) is 51.0 Å². The zero-order chi connectivity index (χ0) is 16.9. The Hall–Kier alpha value is -1.73. The summed E-state index contributed by atoms with van der Waals surface area (Å²) in [5, 5.41) is 9.24. The molecule has 0 radical (unpaired) electrons. The number of hydrogen-bond donors (Lipinski definition) is 0. The summed E-state index contributed by atoms with van der Waals surface area (Å²) in [6.07, 6.45) is 4.44. The minimum Gasteiger partial charge on any atom is -0.311 e. The van der Waals surface area contributed by atoms with Crippen molar-refractivity contribution in [2.75, 3.05) is 17.2 Å². The molecule has 0 fully saturated rings. The number of aromatic nitrogens is 3. The van der Waals surface area contributed by atoms with Crippen molar-refractivity contribution in [1.82, 2.24) is 14.8 Å². The van der Waals surface area contributed by atoms with Crippen molar-refractivity contribution in [3.63, 3.8) is 0 Å². The van der Waals surface area contributed by atoms with Gasteiger partial charge in [-0.15, -0.1) is 28.5 Å². The van der Waals surface area contributed by atoms with Gasteiger partial charge in [0.2, 0.25) is 5.91 Å². The lowest BCUT2D eigenvalue weighted by molar-refractivity contribution is -0.116. The van der Waals surface area contributed by atoms with E-state index in [1.165, 1.54) is 16.7 Å². The van der Waals surface area contributed by atoms with E-state index in [0.29, 0.717) is 17.5 Å². The molecule has 0 unspecified atom stereocenters. The van der Waals surface area contributed by atoms with E-state index in [1.54, 1.807) is 12.4 Å². The van der Waals surface area contributed by atoms with Gasteiger partial charge in [0.05, 0.1) is 11.4 Å². The van der Waals surface area contributed by atoms with Gasteiger partial charge < -0.3 is 9.47 Å². The molecule has 1 aliphatic rings. The molecule has 1 atom stereocenters.